The molecule has 2 N–H and O–H groups in total. The average Bonchev–Trinajstić information content (AvgIpc) is 2.45. The minimum atomic E-state index is 0.0551. The summed E-state index contributed by atoms with van der Waals surface area (Å²) in [7, 11) is 3.75. The van der Waals surface area contributed by atoms with E-state index in [-0.39, 0.29) is 11.9 Å². The molecule has 0 aromatic heterocycles. The van der Waals surface area contributed by atoms with Crippen molar-refractivity contribution in [3.05, 3.63) is 35.4 Å². The zero-order chi connectivity index (χ0) is 16.5. The van der Waals surface area contributed by atoms with Gasteiger partial charge in [0.25, 0.3) is 0 Å². The van der Waals surface area contributed by atoms with Crippen molar-refractivity contribution in [2.45, 2.75) is 39.8 Å². The molecule has 0 aliphatic heterocycles. The molecule has 0 aliphatic carbocycles. The number of amides is 1. The van der Waals surface area contributed by atoms with Gasteiger partial charge in [0.1, 0.15) is 0 Å². The van der Waals surface area contributed by atoms with E-state index in [0.717, 1.165) is 12.5 Å². The van der Waals surface area contributed by atoms with Crippen LogP contribution in [0.5, 0.6) is 0 Å². The third-order valence-electron chi connectivity index (χ3n) is 3.33. The van der Waals surface area contributed by atoms with Gasteiger partial charge in [-0.3, -0.25) is 9.79 Å². The first kappa shape index (κ1) is 18.0. The number of carbonyl (C=O) groups excluding carboxylic acids is 1. The van der Waals surface area contributed by atoms with Crippen molar-refractivity contribution in [3.8, 4) is 0 Å². The highest BCUT2D eigenvalue weighted by atomic mass is 16.1. The van der Waals surface area contributed by atoms with Gasteiger partial charge in [-0.05, 0) is 31.9 Å². The first-order chi connectivity index (χ1) is 10.4. The molecule has 0 radical (unpaired) electrons. The first-order valence-corrected chi connectivity index (χ1v) is 7.69. The van der Waals surface area contributed by atoms with Gasteiger partial charge >= 0.3 is 0 Å². The highest BCUT2D eigenvalue weighted by Crippen LogP contribution is 2.09. The molecule has 0 unspecified atom stereocenters. The number of aliphatic imine (C=N–C) groups is 1. The molecule has 0 atom stereocenters. The van der Waals surface area contributed by atoms with Gasteiger partial charge in [0, 0.05) is 39.6 Å². The summed E-state index contributed by atoms with van der Waals surface area (Å²) in [4.78, 5) is 18.0. The van der Waals surface area contributed by atoms with Crippen LogP contribution in [0.4, 0.5) is 0 Å². The van der Waals surface area contributed by atoms with Crippen LogP contribution in [0.15, 0.2) is 29.3 Å². The van der Waals surface area contributed by atoms with E-state index in [9.17, 15) is 4.79 Å². The van der Waals surface area contributed by atoms with E-state index in [0.29, 0.717) is 13.0 Å². The summed E-state index contributed by atoms with van der Waals surface area (Å²) in [5, 5.41) is 6.11. The van der Waals surface area contributed by atoms with E-state index >= 15 is 0 Å². The molecule has 5 heteroatoms. The fourth-order valence-corrected chi connectivity index (χ4v) is 2.18. The van der Waals surface area contributed by atoms with Crippen LogP contribution in [0.2, 0.25) is 0 Å². The van der Waals surface area contributed by atoms with Crippen LogP contribution in [0, 0.1) is 6.92 Å². The molecule has 1 rings (SSSR count). The number of carbonyl (C=O) groups is 1. The molecule has 0 heterocycles. The van der Waals surface area contributed by atoms with Gasteiger partial charge in [-0.25, -0.2) is 0 Å². The zero-order valence-electron chi connectivity index (χ0n) is 14.3. The van der Waals surface area contributed by atoms with Gasteiger partial charge in [-0.15, -0.1) is 0 Å². The number of rotatable bonds is 6. The van der Waals surface area contributed by atoms with E-state index < -0.39 is 0 Å². The zero-order valence-corrected chi connectivity index (χ0v) is 14.3. The summed E-state index contributed by atoms with van der Waals surface area (Å²) in [5.41, 5.74) is 2.53. The van der Waals surface area contributed by atoms with Gasteiger partial charge in [0.05, 0.1) is 0 Å². The molecule has 22 heavy (non-hydrogen) atoms. The Morgan fingerprint density at radius 2 is 2.00 bits per heavy atom. The normalized spacial score (nSPS) is 11.5. The quantitative estimate of drug-likeness (QED) is 0.623. The minimum Gasteiger partial charge on any atom is -0.356 e. The van der Waals surface area contributed by atoms with Crippen molar-refractivity contribution in [3.63, 3.8) is 0 Å². The van der Waals surface area contributed by atoms with E-state index in [1.807, 2.05) is 33.0 Å². The van der Waals surface area contributed by atoms with Crippen molar-refractivity contribution in [2.75, 3.05) is 20.6 Å². The highest BCUT2D eigenvalue weighted by Gasteiger charge is 2.09. The Hall–Kier alpha value is -2.04. The van der Waals surface area contributed by atoms with E-state index in [1.165, 1.54) is 11.1 Å². The van der Waals surface area contributed by atoms with E-state index in [1.54, 1.807) is 7.05 Å². The summed E-state index contributed by atoms with van der Waals surface area (Å²) in [6.07, 6.45) is 0.440. The Morgan fingerprint density at radius 3 is 2.59 bits per heavy atom. The number of hydrogen-bond acceptors (Lipinski definition) is 2. The Balaban J connectivity index is 2.47. The molecule has 5 nitrogen and oxygen atoms in total. The summed E-state index contributed by atoms with van der Waals surface area (Å²) < 4.78 is 0. The monoisotopic (exact) mass is 304 g/mol. The second-order valence-corrected chi connectivity index (χ2v) is 5.73. The lowest BCUT2D eigenvalue weighted by Gasteiger charge is -2.23. The van der Waals surface area contributed by atoms with Crippen LogP contribution in [0.25, 0.3) is 0 Å². The Morgan fingerprint density at radius 1 is 1.32 bits per heavy atom. The molecule has 1 aromatic carbocycles. The molecule has 0 saturated heterocycles. The maximum Gasteiger partial charge on any atom is 0.221 e. The molecule has 0 spiro atoms. The molecule has 1 aromatic rings. The highest BCUT2D eigenvalue weighted by molar-refractivity contribution is 5.81. The van der Waals surface area contributed by atoms with Gasteiger partial charge in [0.2, 0.25) is 5.91 Å². The summed E-state index contributed by atoms with van der Waals surface area (Å²) in [6.45, 7) is 7.38. The number of benzene rings is 1. The lowest BCUT2D eigenvalue weighted by molar-refractivity contribution is -0.121. The second kappa shape index (κ2) is 9.07. The number of hydrogen-bond donors (Lipinski definition) is 2. The molecule has 0 saturated carbocycles. The van der Waals surface area contributed by atoms with Crippen LogP contribution >= 0.6 is 0 Å². The largest absolute Gasteiger partial charge is 0.356 e. The van der Waals surface area contributed by atoms with Gasteiger partial charge in [0.15, 0.2) is 5.96 Å². The number of aryl methyl sites for hydroxylation is 1. The van der Waals surface area contributed by atoms with Crippen molar-refractivity contribution in [1.82, 2.24) is 15.5 Å². The maximum absolute atomic E-state index is 11.6. The predicted molar refractivity (Wildman–Crippen MR) is 91.9 cm³/mol. The van der Waals surface area contributed by atoms with Crippen LogP contribution in [0.3, 0.4) is 0 Å². The fraction of sp³-hybridized carbons (Fsp3) is 0.529. The van der Waals surface area contributed by atoms with E-state index in [2.05, 4.69) is 39.6 Å². The van der Waals surface area contributed by atoms with Gasteiger partial charge < -0.3 is 15.5 Å². The van der Waals surface area contributed by atoms with E-state index in [4.69, 9.17) is 0 Å². The Kier molecular flexibility index (Phi) is 7.43. The number of guanidine groups is 1. The smallest absolute Gasteiger partial charge is 0.221 e. The lowest BCUT2D eigenvalue weighted by Crippen LogP contribution is -2.40. The van der Waals surface area contributed by atoms with Gasteiger partial charge in [-0.2, -0.15) is 0 Å². The fourth-order valence-electron chi connectivity index (χ4n) is 2.18. The Labute approximate surface area is 133 Å². The van der Waals surface area contributed by atoms with Crippen molar-refractivity contribution < 1.29 is 4.79 Å². The summed E-state index contributed by atoms with van der Waals surface area (Å²) in [6, 6.07) is 8.49. The Bertz CT molecular complexity index is 511. The predicted octanol–water partition coefficient (Wildman–Crippen LogP) is 1.92. The average molecular weight is 304 g/mol. The first-order valence-electron chi connectivity index (χ1n) is 7.69. The van der Waals surface area contributed by atoms with Crippen LogP contribution in [-0.4, -0.2) is 43.4 Å². The lowest BCUT2D eigenvalue weighted by atomic mass is 10.1. The number of nitrogens with one attached hydrogen (secondary N) is 2. The summed E-state index contributed by atoms with van der Waals surface area (Å²) in [5.74, 6) is 0.847. The van der Waals surface area contributed by atoms with Crippen molar-refractivity contribution >= 4 is 11.9 Å². The van der Waals surface area contributed by atoms with Crippen LogP contribution in [-0.2, 0) is 11.3 Å². The van der Waals surface area contributed by atoms with Crippen molar-refractivity contribution in [2.24, 2.45) is 4.99 Å². The summed E-state index contributed by atoms with van der Waals surface area (Å²) >= 11 is 0. The molecule has 0 aliphatic rings. The minimum absolute atomic E-state index is 0.0551. The molecule has 0 bridgehead atoms. The topological polar surface area (TPSA) is 56.7 Å². The second-order valence-electron chi connectivity index (χ2n) is 5.73. The SMILES string of the molecule is CN=C(NCCC(=O)NC(C)C)N(C)Cc1ccccc1C. The maximum atomic E-state index is 11.6. The molecule has 122 valence electrons. The standard InChI is InChI=1S/C17H28N4O/c1-13(2)20-16(22)10-11-19-17(18-4)21(5)12-15-9-7-6-8-14(15)3/h6-9,13H,10-12H2,1-5H3,(H,18,19)(H,20,22). The third-order valence-corrected chi connectivity index (χ3v) is 3.33. The molecular formula is C17H28N4O. The third kappa shape index (κ3) is 6.16. The number of nitrogens with zero attached hydrogens (tertiary/aromatic N) is 2. The molecule has 1 amide bonds. The molecule has 0 fully saturated rings. The van der Waals surface area contributed by atoms with Crippen LogP contribution in [0.1, 0.15) is 31.4 Å². The van der Waals surface area contributed by atoms with Gasteiger partial charge in [-0.1, -0.05) is 24.3 Å². The van der Waals surface area contributed by atoms with Crippen LogP contribution < -0.4 is 10.6 Å². The van der Waals surface area contributed by atoms with Crippen molar-refractivity contribution in [1.29, 1.82) is 0 Å². The molecular weight excluding hydrogens is 276 g/mol.